The molecule has 0 saturated carbocycles. The summed E-state index contributed by atoms with van der Waals surface area (Å²) in [7, 11) is 0. The van der Waals surface area contributed by atoms with Crippen molar-refractivity contribution in [1.29, 1.82) is 0 Å². The van der Waals surface area contributed by atoms with Crippen LogP contribution in [0.3, 0.4) is 0 Å². The van der Waals surface area contributed by atoms with Crippen LogP contribution in [0.5, 0.6) is 0 Å². The summed E-state index contributed by atoms with van der Waals surface area (Å²) in [6.45, 7) is 5.08. The second kappa shape index (κ2) is 7.21. The zero-order chi connectivity index (χ0) is 18.1. The van der Waals surface area contributed by atoms with Gasteiger partial charge in [0.25, 0.3) is 0 Å². The van der Waals surface area contributed by atoms with Gasteiger partial charge in [-0.1, -0.05) is 23.4 Å². The Hall–Kier alpha value is -1.57. The molecule has 2 saturated heterocycles. The molecule has 6 nitrogen and oxygen atoms in total. The summed E-state index contributed by atoms with van der Waals surface area (Å²) in [5.41, 5.74) is 6.12. The van der Waals surface area contributed by atoms with Crippen molar-refractivity contribution in [3.8, 4) is 0 Å². The SMILES string of the molecule is C[C@@H]1CC2(CCN(c3cnc(Sc4ccnc(N)c4Cl)cn3)CC2)CO1. The largest absolute Gasteiger partial charge is 0.382 e. The minimum atomic E-state index is 0.328. The van der Waals surface area contributed by atoms with E-state index in [-0.39, 0.29) is 0 Å². The van der Waals surface area contributed by atoms with E-state index >= 15 is 0 Å². The predicted octanol–water partition coefficient (Wildman–Crippen LogP) is 3.65. The van der Waals surface area contributed by atoms with Crippen LogP contribution in [0, 0.1) is 5.41 Å². The smallest absolute Gasteiger partial charge is 0.147 e. The van der Waals surface area contributed by atoms with E-state index in [0.717, 1.165) is 48.3 Å². The lowest BCUT2D eigenvalue weighted by Crippen LogP contribution is -2.41. The molecule has 2 aliphatic rings. The fraction of sp³-hybridized carbons (Fsp3) is 0.500. The molecule has 0 bridgehead atoms. The molecule has 2 aliphatic heterocycles. The molecule has 0 radical (unpaired) electrons. The van der Waals surface area contributed by atoms with Crippen LogP contribution >= 0.6 is 23.4 Å². The van der Waals surface area contributed by atoms with Crippen molar-refractivity contribution in [3.05, 3.63) is 29.7 Å². The van der Waals surface area contributed by atoms with E-state index in [1.165, 1.54) is 18.2 Å². The second-order valence-electron chi connectivity index (χ2n) is 7.14. The molecule has 4 heterocycles. The van der Waals surface area contributed by atoms with Gasteiger partial charge in [-0.15, -0.1) is 0 Å². The van der Waals surface area contributed by atoms with Gasteiger partial charge in [-0.2, -0.15) is 0 Å². The van der Waals surface area contributed by atoms with Gasteiger partial charge in [0.15, 0.2) is 0 Å². The molecule has 0 amide bonds. The molecular formula is C18H22ClN5OS. The van der Waals surface area contributed by atoms with Crippen molar-refractivity contribution in [2.24, 2.45) is 5.41 Å². The maximum Gasteiger partial charge on any atom is 0.147 e. The quantitative estimate of drug-likeness (QED) is 0.855. The minimum Gasteiger partial charge on any atom is -0.382 e. The summed E-state index contributed by atoms with van der Waals surface area (Å²) in [5, 5.41) is 1.24. The van der Waals surface area contributed by atoms with Gasteiger partial charge >= 0.3 is 0 Å². The summed E-state index contributed by atoms with van der Waals surface area (Å²) < 4.78 is 5.80. The van der Waals surface area contributed by atoms with Crippen molar-refractivity contribution in [2.75, 3.05) is 30.3 Å². The third kappa shape index (κ3) is 3.61. The number of anilines is 2. The van der Waals surface area contributed by atoms with Crippen LogP contribution in [0.2, 0.25) is 5.02 Å². The van der Waals surface area contributed by atoms with E-state index in [4.69, 9.17) is 22.1 Å². The molecule has 2 aromatic rings. The minimum absolute atomic E-state index is 0.328. The van der Waals surface area contributed by atoms with Crippen molar-refractivity contribution in [2.45, 2.75) is 42.2 Å². The van der Waals surface area contributed by atoms with Crippen LogP contribution in [0.15, 0.2) is 34.6 Å². The first-order valence-electron chi connectivity index (χ1n) is 8.81. The Bertz CT molecular complexity index is 780. The lowest BCUT2D eigenvalue weighted by Gasteiger charge is -2.38. The number of nitrogens with zero attached hydrogens (tertiary/aromatic N) is 4. The Labute approximate surface area is 162 Å². The third-order valence-electron chi connectivity index (χ3n) is 5.25. The molecule has 0 unspecified atom stereocenters. The standard InChI is InChI=1S/C18H22ClN5OS/c1-12-8-18(11-25-12)3-6-24(7-4-18)14-9-23-15(10-22-14)26-13-2-5-21-17(20)16(13)19/h2,5,9-10,12H,3-4,6-8,11H2,1H3,(H2,20,21)/t12-/m1/s1. The lowest BCUT2D eigenvalue weighted by molar-refractivity contribution is 0.0976. The topological polar surface area (TPSA) is 77.2 Å². The first kappa shape index (κ1) is 17.8. The van der Waals surface area contributed by atoms with Crippen LogP contribution in [-0.2, 0) is 4.74 Å². The molecule has 4 rings (SSSR count). The zero-order valence-corrected chi connectivity index (χ0v) is 16.3. The molecule has 26 heavy (non-hydrogen) atoms. The zero-order valence-electron chi connectivity index (χ0n) is 14.7. The highest BCUT2D eigenvalue weighted by molar-refractivity contribution is 7.99. The number of piperidine rings is 1. The van der Waals surface area contributed by atoms with Gasteiger partial charge in [0, 0.05) is 24.2 Å². The maximum absolute atomic E-state index is 6.19. The second-order valence-corrected chi connectivity index (χ2v) is 8.58. The Kier molecular flexibility index (Phi) is 4.94. The van der Waals surface area contributed by atoms with Crippen LogP contribution in [-0.4, -0.2) is 40.8 Å². The number of aromatic nitrogens is 3. The highest BCUT2D eigenvalue weighted by atomic mass is 35.5. The highest BCUT2D eigenvalue weighted by Crippen LogP contribution is 2.42. The summed E-state index contributed by atoms with van der Waals surface area (Å²) in [5.74, 6) is 1.25. The Morgan fingerprint density at radius 1 is 1.27 bits per heavy atom. The number of hydrogen-bond donors (Lipinski definition) is 1. The average Bonchev–Trinajstić information content (AvgIpc) is 3.01. The van der Waals surface area contributed by atoms with Crippen LogP contribution < -0.4 is 10.6 Å². The molecule has 0 aliphatic carbocycles. The monoisotopic (exact) mass is 391 g/mol. The van der Waals surface area contributed by atoms with Gasteiger partial charge in [0.1, 0.15) is 16.7 Å². The molecule has 2 aromatic heterocycles. The molecule has 8 heteroatoms. The van der Waals surface area contributed by atoms with Crippen molar-refractivity contribution in [1.82, 2.24) is 15.0 Å². The Balaban J connectivity index is 1.40. The highest BCUT2D eigenvalue weighted by Gasteiger charge is 2.41. The Morgan fingerprint density at radius 3 is 2.73 bits per heavy atom. The summed E-state index contributed by atoms with van der Waals surface area (Å²) in [6.07, 6.45) is 9.15. The number of nitrogen functional groups attached to an aromatic ring is 1. The maximum atomic E-state index is 6.19. The summed E-state index contributed by atoms with van der Waals surface area (Å²) >= 11 is 7.63. The van der Waals surface area contributed by atoms with Gasteiger partial charge in [0.2, 0.25) is 0 Å². The van der Waals surface area contributed by atoms with Crippen molar-refractivity contribution in [3.63, 3.8) is 0 Å². The van der Waals surface area contributed by atoms with Crippen molar-refractivity contribution < 1.29 is 4.74 Å². The molecule has 0 aromatic carbocycles. The number of nitrogens with two attached hydrogens (primary N) is 1. The van der Waals surface area contributed by atoms with Gasteiger partial charge in [-0.25, -0.2) is 15.0 Å². The molecule has 1 spiro atoms. The molecule has 1 atom stereocenters. The first-order valence-corrected chi connectivity index (χ1v) is 10.0. The van der Waals surface area contributed by atoms with E-state index in [1.807, 2.05) is 12.3 Å². The predicted molar refractivity (Wildman–Crippen MR) is 104 cm³/mol. The fourth-order valence-corrected chi connectivity index (χ4v) is 4.75. The molecule has 2 N–H and O–H groups in total. The molecule has 2 fully saturated rings. The van der Waals surface area contributed by atoms with E-state index in [0.29, 0.717) is 22.4 Å². The van der Waals surface area contributed by atoms with Crippen LogP contribution in [0.4, 0.5) is 11.6 Å². The first-order chi connectivity index (χ1) is 12.5. The van der Waals surface area contributed by atoms with Crippen molar-refractivity contribution >= 4 is 35.0 Å². The summed E-state index contributed by atoms with van der Waals surface area (Å²) in [6, 6.07) is 1.83. The molecule has 138 valence electrons. The lowest BCUT2D eigenvalue weighted by atomic mass is 9.77. The van der Waals surface area contributed by atoms with E-state index in [2.05, 4.69) is 26.8 Å². The van der Waals surface area contributed by atoms with Gasteiger partial charge < -0.3 is 15.4 Å². The fourth-order valence-electron chi connectivity index (χ4n) is 3.76. The van der Waals surface area contributed by atoms with Gasteiger partial charge in [0.05, 0.1) is 30.1 Å². The van der Waals surface area contributed by atoms with Crippen LogP contribution in [0.25, 0.3) is 0 Å². The number of rotatable bonds is 3. The van der Waals surface area contributed by atoms with E-state index in [9.17, 15) is 0 Å². The van der Waals surface area contributed by atoms with Gasteiger partial charge in [-0.05, 0) is 37.7 Å². The number of pyridine rings is 1. The normalized spacial score (nSPS) is 22.1. The third-order valence-corrected chi connectivity index (χ3v) is 6.74. The number of ether oxygens (including phenoxy) is 1. The summed E-state index contributed by atoms with van der Waals surface area (Å²) in [4.78, 5) is 16.3. The van der Waals surface area contributed by atoms with E-state index in [1.54, 1.807) is 12.4 Å². The average molecular weight is 392 g/mol. The van der Waals surface area contributed by atoms with Crippen LogP contribution in [0.1, 0.15) is 26.2 Å². The van der Waals surface area contributed by atoms with Gasteiger partial charge in [-0.3, -0.25) is 0 Å². The molecular weight excluding hydrogens is 370 g/mol. The number of halogens is 1. The Morgan fingerprint density at radius 2 is 2.08 bits per heavy atom. The van der Waals surface area contributed by atoms with E-state index < -0.39 is 0 Å². The number of hydrogen-bond acceptors (Lipinski definition) is 7.